The summed E-state index contributed by atoms with van der Waals surface area (Å²) in [5.41, 5.74) is -1.84. The molecule has 2 aliphatic heterocycles. The van der Waals surface area contributed by atoms with Gasteiger partial charge in [0.25, 0.3) is 17.6 Å². The molecule has 2 aromatic rings. The summed E-state index contributed by atoms with van der Waals surface area (Å²) in [6, 6.07) is 12.2. The van der Waals surface area contributed by atoms with E-state index in [0.29, 0.717) is 5.02 Å². The number of nitrogens with zero attached hydrogens (tertiary/aromatic N) is 2. The minimum absolute atomic E-state index is 0.00410. The third kappa shape index (κ3) is 3.28. The number of methoxy groups -OCH3 is 1. The van der Waals surface area contributed by atoms with Crippen molar-refractivity contribution < 1.29 is 34.1 Å². The van der Waals surface area contributed by atoms with Gasteiger partial charge in [-0.2, -0.15) is 0 Å². The highest BCUT2D eigenvalue weighted by Gasteiger charge is 2.67. The molecule has 1 spiro atoms. The van der Waals surface area contributed by atoms with Crippen molar-refractivity contribution >= 4 is 46.6 Å². The molecule has 2 aromatic carbocycles. The van der Waals surface area contributed by atoms with Gasteiger partial charge in [0.05, 0.1) is 17.9 Å². The Morgan fingerprint density at radius 2 is 1.73 bits per heavy atom. The molecule has 2 heterocycles. The maximum atomic E-state index is 13.9. The maximum absolute atomic E-state index is 13.9. The molecule has 1 saturated heterocycles. The Balaban J connectivity index is 2.05. The Kier molecular flexibility index (Phi) is 5.69. The molecule has 0 saturated carbocycles. The first-order valence-corrected chi connectivity index (χ1v) is 10.3. The first-order chi connectivity index (χ1) is 15.7. The molecule has 2 aliphatic rings. The number of rotatable bonds is 6. The van der Waals surface area contributed by atoms with E-state index in [9.17, 15) is 29.4 Å². The molecule has 1 unspecified atom stereocenters. The highest BCUT2D eigenvalue weighted by Crippen LogP contribution is 2.53. The largest absolute Gasteiger partial charge is 0.507 e. The van der Waals surface area contributed by atoms with Gasteiger partial charge in [0.15, 0.2) is 5.54 Å². The summed E-state index contributed by atoms with van der Waals surface area (Å²) in [5, 5.41) is 21.0. The normalized spacial score (nSPS) is 21.2. The monoisotopic (exact) mass is 470 g/mol. The number of benzene rings is 2. The average Bonchev–Trinajstić information content (AvgIpc) is 3.16. The minimum Gasteiger partial charge on any atom is -0.507 e. The Labute approximate surface area is 193 Å². The summed E-state index contributed by atoms with van der Waals surface area (Å²) in [4.78, 5) is 53.8. The number of hydrogen-bond acceptors (Lipinski definition) is 6. The van der Waals surface area contributed by atoms with Crippen LogP contribution in [0, 0.1) is 0 Å². The lowest BCUT2D eigenvalue weighted by Crippen LogP contribution is -2.53. The van der Waals surface area contributed by atoms with Crippen molar-refractivity contribution in [2.24, 2.45) is 0 Å². The molecular formula is C23H19ClN2O7. The van der Waals surface area contributed by atoms with Crippen LogP contribution in [0.5, 0.6) is 0 Å². The summed E-state index contributed by atoms with van der Waals surface area (Å²) in [6.45, 7) is -0.823. The Hall–Kier alpha value is -3.69. The van der Waals surface area contributed by atoms with Gasteiger partial charge < -0.3 is 19.8 Å². The number of carbonyl (C=O) groups excluding carboxylic acids is 3. The lowest BCUT2D eigenvalue weighted by molar-refractivity contribution is -0.144. The number of ether oxygens (including phenoxy) is 1. The number of ketones is 1. The molecule has 33 heavy (non-hydrogen) atoms. The van der Waals surface area contributed by atoms with Gasteiger partial charge in [0.1, 0.15) is 12.3 Å². The van der Waals surface area contributed by atoms with Gasteiger partial charge in [-0.05, 0) is 30.3 Å². The second-order valence-corrected chi connectivity index (χ2v) is 7.96. The van der Waals surface area contributed by atoms with E-state index in [-0.39, 0.29) is 30.0 Å². The van der Waals surface area contributed by atoms with Crippen LogP contribution in [-0.2, 0) is 29.5 Å². The van der Waals surface area contributed by atoms with Crippen molar-refractivity contribution in [3.63, 3.8) is 0 Å². The van der Waals surface area contributed by atoms with Crippen LogP contribution in [-0.4, -0.2) is 65.5 Å². The average molecular weight is 471 g/mol. The minimum atomic E-state index is -2.04. The van der Waals surface area contributed by atoms with Crippen molar-refractivity contribution in [2.45, 2.75) is 5.54 Å². The van der Waals surface area contributed by atoms with Gasteiger partial charge in [-0.3, -0.25) is 24.1 Å². The number of likely N-dealkylation sites (tertiary alicyclic amines) is 1. The molecule has 9 nitrogen and oxygen atoms in total. The first kappa shape index (κ1) is 22.5. The van der Waals surface area contributed by atoms with E-state index in [4.69, 9.17) is 16.3 Å². The third-order valence-electron chi connectivity index (χ3n) is 5.74. The molecule has 2 N–H and O–H groups in total. The molecule has 2 amide bonds. The molecular weight excluding hydrogens is 452 g/mol. The van der Waals surface area contributed by atoms with E-state index >= 15 is 0 Å². The quantitative estimate of drug-likeness (QED) is 0.376. The lowest BCUT2D eigenvalue weighted by Gasteiger charge is -2.34. The van der Waals surface area contributed by atoms with Crippen molar-refractivity contribution in [1.82, 2.24) is 4.90 Å². The summed E-state index contributed by atoms with van der Waals surface area (Å²) in [7, 11) is 1.40. The van der Waals surface area contributed by atoms with Crippen molar-refractivity contribution in [1.29, 1.82) is 0 Å². The van der Waals surface area contributed by atoms with Crippen LogP contribution in [0.15, 0.2) is 54.1 Å². The van der Waals surface area contributed by atoms with Crippen LogP contribution in [0.25, 0.3) is 5.76 Å². The van der Waals surface area contributed by atoms with Crippen molar-refractivity contribution in [2.75, 3.05) is 31.7 Å². The van der Waals surface area contributed by atoms with E-state index in [1.54, 1.807) is 12.1 Å². The van der Waals surface area contributed by atoms with Gasteiger partial charge >= 0.3 is 5.97 Å². The highest BCUT2D eigenvalue weighted by atomic mass is 35.5. The predicted molar refractivity (Wildman–Crippen MR) is 118 cm³/mol. The Bertz CT molecular complexity index is 1210. The molecule has 170 valence electrons. The number of aliphatic hydroxyl groups excluding tert-OH is 1. The number of aliphatic hydroxyl groups is 1. The van der Waals surface area contributed by atoms with Crippen LogP contribution in [0.2, 0.25) is 5.02 Å². The third-order valence-corrected chi connectivity index (χ3v) is 5.99. The number of carboxylic acids is 1. The zero-order chi connectivity index (χ0) is 23.9. The number of amides is 2. The van der Waals surface area contributed by atoms with Crippen LogP contribution < -0.4 is 4.90 Å². The fraction of sp³-hybridized carbons (Fsp3) is 0.217. The van der Waals surface area contributed by atoms with E-state index in [2.05, 4.69) is 0 Å². The number of aliphatic carboxylic acids is 1. The van der Waals surface area contributed by atoms with E-state index in [1.165, 1.54) is 43.5 Å². The Morgan fingerprint density at radius 1 is 1.06 bits per heavy atom. The van der Waals surface area contributed by atoms with Gasteiger partial charge in [-0.15, -0.1) is 0 Å². The second kappa shape index (κ2) is 8.34. The summed E-state index contributed by atoms with van der Waals surface area (Å²) < 4.78 is 5.08. The number of carbonyl (C=O) groups is 4. The highest BCUT2D eigenvalue weighted by molar-refractivity contribution is 6.50. The maximum Gasteiger partial charge on any atom is 0.323 e. The molecule has 0 aliphatic carbocycles. The lowest BCUT2D eigenvalue weighted by atomic mass is 9.82. The van der Waals surface area contributed by atoms with E-state index in [0.717, 1.165) is 9.80 Å². The fourth-order valence-corrected chi connectivity index (χ4v) is 4.52. The number of Topliss-reactive ketones (excluding diaryl/α,β-unsaturated/α-hetero) is 1. The summed E-state index contributed by atoms with van der Waals surface area (Å²) in [5.74, 6) is -4.72. The smallest absolute Gasteiger partial charge is 0.323 e. The number of hydrogen-bond donors (Lipinski definition) is 2. The fourth-order valence-electron chi connectivity index (χ4n) is 4.39. The molecule has 0 aromatic heterocycles. The zero-order valence-corrected chi connectivity index (χ0v) is 18.2. The molecule has 1 fully saturated rings. The van der Waals surface area contributed by atoms with Crippen molar-refractivity contribution in [3.8, 4) is 0 Å². The van der Waals surface area contributed by atoms with Crippen LogP contribution in [0.1, 0.15) is 11.1 Å². The predicted octanol–water partition coefficient (Wildman–Crippen LogP) is 1.99. The number of carboxylic acid groups (broad SMARTS) is 1. The molecule has 1 atom stereocenters. The zero-order valence-electron chi connectivity index (χ0n) is 17.4. The summed E-state index contributed by atoms with van der Waals surface area (Å²) >= 11 is 5.93. The molecule has 0 bridgehead atoms. The number of halogens is 1. The number of para-hydroxylation sites is 1. The van der Waals surface area contributed by atoms with Gasteiger partial charge in [-0.25, -0.2) is 0 Å². The van der Waals surface area contributed by atoms with Crippen LogP contribution in [0.3, 0.4) is 0 Å². The standard InChI is InChI=1S/C23H19ClN2O7/c1-33-11-10-26-21(31)20(30)18(19(29)13-6-8-14(24)9-7-13)23(26)15-4-2-3-5-16(15)25(22(23)32)12-17(27)28/h2-9,29H,10-12H2,1H3,(H,27,28)/b19-18-. The van der Waals surface area contributed by atoms with E-state index < -0.39 is 47.0 Å². The van der Waals surface area contributed by atoms with E-state index in [1.807, 2.05) is 0 Å². The Morgan fingerprint density at radius 3 is 2.36 bits per heavy atom. The van der Waals surface area contributed by atoms with Gasteiger partial charge in [0.2, 0.25) is 0 Å². The molecule has 0 radical (unpaired) electrons. The SMILES string of the molecule is COCCN1C(=O)C(=O)/C(=C(/O)c2ccc(Cl)cc2)C12C(=O)N(CC(=O)O)c1ccccc12. The summed E-state index contributed by atoms with van der Waals surface area (Å²) in [6.07, 6.45) is 0. The van der Waals surface area contributed by atoms with Crippen LogP contribution >= 0.6 is 11.6 Å². The molecule has 10 heteroatoms. The van der Waals surface area contributed by atoms with Gasteiger partial charge in [-0.1, -0.05) is 29.8 Å². The topological polar surface area (TPSA) is 124 Å². The molecule has 4 rings (SSSR count). The number of anilines is 1. The first-order valence-electron chi connectivity index (χ1n) is 9.93. The van der Waals surface area contributed by atoms with Crippen LogP contribution in [0.4, 0.5) is 5.69 Å². The van der Waals surface area contributed by atoms with Gasteiger partial charge in [0, 0.05) is 29.8 Å². The number of fused-ring (bicyclic) bond motifs is 2. The second-order valence-electron chi connectivity index (χ2n) is 7.52. The van der Waals surface area contributed by atoms with Crippen molar-refractivity contribution in [3.05, 3.63) is 70.3 Å².